The average molecular weight is 318 g/mol. The fourth-order valence-electron chi connectivity index (χ4n) is 2.66. The van der Waals surface area contributed by atoms with Gasteiger partial charge >= 0.3 is 12.3 Å². The SMILES string of the molecule is CC(C)(C)N(C(=O)O)C(C)(C)c1cc(N)cc(C(F)(F)F)c1. The number of hydrogen-bond donors (Lipinski definition) is 2. The molecule has 1 aromatic carbocycles. The molecule has 0 saturated heterocycles. The van der Waals surface area contributed by atoms with E-state index in [1.165, 1.54) is 6.07 Å². The number of carbonyl (C=O) groups is 1. The van der Waals surface area contributed by atoms with Crippen molar-refractivity contribution >= 4 is 11.8 Å². The number of anilines is 1. The van der Waals surface area contributed by atoms with Gasteiger partial charge in [-0.25, -0.2) is 4.79 Å². The van der Waals surface area contributed by atoms with Gasteiger partial charge in [0.15, 0.2) is 0 Å². The first-order valence-electron chi connectivity index (χ1n) is 6.69. The van der Waals surface area contributed by atoms with Crippen molar-refractivity contribution in [2.45, 2.75) is 51.9 Å². The Labute approximate surface area is 127 Å². The summed E-state index contributed by atoms with van der Waals surface area (Å²) in [5, 5.41) is 9.48. The Morgan fingerprint density at radius 1 is 1.05 bits per heavy atom. The molecule has 1 rings (SSSR count). The number of halogens is 3. The van der Waals surface area contributed by atoms with Crippen LogP contribution in [0.25, 0.3) is 0 Å². The molecule has 0 atom stereocenters. The lowest BCUT2D eigenvalue weighted by atomic mass is 9.87. The molecule has 3 N–H and O–H groups in total. The monoisotopic (exact) mass is 318 g/mol. The summed E-state index contributed by atoms with van der Waals surface area (Å²) in [5.74, 6) is 0. The Hall–Kier alpha value is -1.92. The number of rotatable bonds is 2. The second-order valence-corrected chi connectivity index (χ2v) is 6.69. The predicted molar refractivity (Wildman–Crippen MR) is 78.5 cm³/mol. The van der Waals surface area contributed by atoms with E-state index in [2.05, 4.69) is 0 Å². The van der Waals surface area contributed by atoms with E-state index in [0.717, 1.165) is 17.0 Å². The van der Waals surface area contributed by atoms with Crippen LogP contribution in [0.4, 0.5) is 23.7 Å². The van der Waals surface area contributed by atoms with Crippen LogP contribution in [-0.4, -0.2) is 21.6 Å². The van der Waals surface area contributed by atoms with E-state index in [1.807, 2.05) is 0 Å². The molecule has 1 aromatic rings. The topological polar surface area (TPSA) is 66.6 Å². The molecule has 0 spiro atoms. The Kier molecular flexibility index (Phi) is 4.43. The molecule has 0 heterocycles. The average Bonchev–Trinajstić information content (AvgIpc) is 2.23. The molecule has 0 aliphatic heterocycles. The maximum atomic E-state index is 12.9. The van der Waals surface area contributed by atoms with Gasteiger partial charge in [0.2, 0.25) is 0 Å². The lowest BCUT2D eigenvalue weighted by Gasteiger charge is -2.45. The summed E-state index contributed by atoms with van der Waals surface area (Å²) < 4.78 is 38.8. The van der Waals surface area contributed by atoms with Gasteiger partial charge in [0.25, 0.3) is 0 Å². The summed E-state index contributed by atoms with van der Waals surface area (Å²) in [4.78, 5) is 12.7. The number of carboxylic acid groups (broad SMARTS) is 1. The number of nitrogen functional groups attached to an aromatic ring is 1. The minimum absolute atomic E-state index is 0.0582. The minimum Gasteiger partial charge on any atom is -0.465 e. The molecule has 0 bridgehead atoms. The van der Waals surface area contributed by atoms with Gasteiger partial charge in [-0.2, -0.15) is 13.2 Å². The number of nitrogens with two attached hydrogens (primary N) is 1. The van der Waals surface area contributed by atoms with Gasteiger partial charge in [-0.3, -0.25) is 4.90 Å². The van der Waals surface area contributed by atoms with Crippen molar-refractivity contribution in [2.75, 3.05) is 5.73 Å². The number of hydrogen-bond acceptors (Lipinski definition) is 2. The molecule has 22 heavy (non-hydrogen) atoms. The van der Waals surface area contributed by atoms with Gasteiger partial charge < -0.3 is 10.8 Å². The molecule has 124 valence electrons. The highest BCUT2D eigenvalue weighted by atomic mass is 19.4. The Balaban J connectivity index is 3.51. The zero-order valence-electron chi connectivity index (χ0n) is 13.2. The summed E-state index contributed by atoms with van der Waals surface area (Å²) >= 11 is 0. The second-order valence-electron chi connectivity index (χ2n) is 6.69. The molecule has 0 aliphatic rings. The molecule has 0 aliphatic carbocycles. The zero-order chi connectivity index (χ0) is 17.5. The normalized spacial score (nSPS) is 13.1. The molecule has 7 heteroatoms. The third kappa shape index (κ3) is 3.64. The highest BCUT2D eigenvalue weighted by Crippen LogP contribution is 2.38. The van der Waals surface area contributed by atoms with Crippen LogP contribution in [0, 0.1) is 0 Å². The maximum absolute atomic E-state index is 12.9. The summed E-state index contributed by atoms with van der Waals surface area (Å²) in [6.07, 6.45) is -5.76. The molecule has 0 aromatic heterocycles. The van der Waals surface area contributed by atoms with Gasteiger partial charge in [0, 0.05) is 11.2 Å². The molecule has 4 nitrogen and oxygen atoms in total. The van der Waals surface area contributed by atoms with Crippen LogP contribution in [0.5, 0.6) is 0 Å². The standard InChI is InChI=1S/C15H21F3N2O2/c1-13(2,3)20(12(21)22)14(4,5)9-6-10(15(16,17)18)8-11(19)7-9/h6-8H,19H2,1-5H3,(H,21,22). The lowest BCUT2D eigenvalue weighted by molar-refractivity contribution is -0.137. The van der Waals surface area contributed by atoms with Gasteiger partial charge in [0.05, 0.1) is 11.1 Å². The molecule has 0 saturated carbocycles. The minimum atomic E-state index is -4.55. The van der Waals surface area contributed by atoms with Gasteiger partial charge in [0.1, 0.15) is 0 Å². The lowest BCUT2D eigenvalue weighted by Crippen LogP contribution is -2.55. The van der Waals surface area contributed by atoms with Crippen LogP contribution in [0.1, 0.15) is 45.7 Å². The van der Waals surface area contributed by atoms with Crippen molar-refractivity contribution in [3.05, 3.63) is 29.3 Å². The first-order valence-corrected chi connectivity index (χ1v) is 6.69. The summed E-state index contributed by atoms with van der Waals surface area (Å²) in [6, 6.07) is 3.15. The van der Waals surface area contributed by atoms with E-state index >= 15 is 0 Å². The van der Waals surface area contributed by atoms with E-state index in [9.17, 15) is 23.1 Å². The van der Waals surface area contributed by atoms with E-state index in [1.54, 1.807) is 34.6 Å². The van der Waals surface area contributed by atoms with Gasteiger partial charge in [-0.15, -0.1) is 0 Å². The van der Waals surface area contributed by atoms with Crippen molar-refractivity contribution in [3.8, 4) is 0 Å². The van der Waals surface area contributed by atoms with Crippen molar-refractivity contribution in [1.82, 2.24) is 4.90 Å². The number of benzene rings is 1. The largest absolute Gasteiger partial charge is 0.465 e. The summed E-state index contributed by atoms with van der Waals surface area (Å²) in [5.41, 5.74) is 2.84. The summed E-state index contributed by atoms with van der Waals surface area (Å²) in [7, 11) is 0. The van der Waals surface area contributed by atoms with Crippen LogP contribution in [0.2, 0.25) is 0 Å². The Bertz CT molecular complexity index is 575. The van der Waals surface area contributed by atoms with E-state index < -0.39 is 28.9 Å². The van der Waals surface area contributed by atoms with Crippen LogP contribution in [-0.2, 0) is 11.7 Å². The highest BCUT2D eigenvalue weighted by molar-refractivity contribution is 5.68. The van der Waals surface area contributed by atoms with E-state index in [4.69, 9.17) is 5.73 Å². The quantitative estimate of drug-likeness (QED) is 0.799. The van der Waals surface area contributed by atoms with Crippen molar-refractivity contribution < 1.29 is 23.1 Å². The van der Waals surface area contributed by atoms with Crippen LogP contribution in [0.15, 0.2) is 18.2 Å². The first-order chi connectivity index (χ1) is 9.67. The molecule has 1 amide bonds. The molecule has 0 unspecified atom stereocenters. The second kappa shape index (κ2) is 5.37. The third-order valence-corrected chi connectivity index (χ3v) is 3.41. The summed E-state index contributed by atoms with van der Waals surface area (Å²) in [6.45, 7) is 8.15. The fraction of sp³-hybridized carbons (Fsp3) is 0.533. The molecule has 0 fully saturated rings. The maximum Gasteiger partial charge on any atom is 0.416 e. The van der Waals surface area contributed by atoms with Crippen molar-refractivity contribution in [1.29, 1.82) is 0 Å². The third-order valence-electron chi connectivity index (χ3n) is 3.41. The number of amides is 1. The van der Waals surface area contributed by atoms with Crippen molar-refractivity contribution in [3.63, 3.8) is 0 Å². The van der Waals surface area contributed by atoms with Crippen LogP contribution >= 0.6 is 0 Å². The number of alkyl halides is 3. The first kappa shape index (κ1) is 18.1. The molecule has 0 radical (unpaired) electrons. The smallest absolute Gasteiger partial charge is 0.416 e. The fourth-order valence-corrected chi connectivity index (χ4v) is 2.66. The molecular weight excluding hydrogens is 297 g/mol. The van der Waals surface area contributed by atoms with Crippen LogP contribution < -0.4 is 5.73 Å². The Morgan fingerprint density at radius 2 is 1.50 bits per heavy atom. The van der Waals surface area contributed by atoms with Gasteiger partial charge in [-0.1, -0.05) is 0 Å². The van der Waals surface area contributed by atoms with E-state index in [-0.39, 0.29) is 11.3 Å². The van der Waals surface area contributed by atoms with Crippen molar-refractivity contribution in [2.24, 2.45) is 0 Å². The Morgan fingerprint density at radius 3 is 1.86 bits per heavy atom. The van der Waals surface area contributed by atoms with E-state index in [0.29, 0.717) is 0 Å². The number of nitrogens with zero attached hydrogens (tertiary/aromatic N) is 1. The zero-order valence-corrected chi connectivity index (χ0v) is 13.2. The highest BCUT2D eigenvalue weighted by Gasteiger charge is 2.41. The predicted octanol–water partition coefficient (Wildman–Crippen LogP) is 4.30. The molecular formula is C15H21F3N2O2. The van der Waals surface area contributed by atoms with Gasteiger partial charge in [-0.05, 0) is 58.4 Å². The van der Waals surface area contributed by atoms with Crippen LogP contribution in [0.3, 0.4) is 0 Å².